The zero-order valence-corrected chi connectivity index (χ0v) is 18.4. The molecule has 1 atom stereocenters. The summed E-state index contributed by atoms with van der Waals surface area (Å²) in [6.07, 6.45) is 0. The first-order valence-corrected chi connectivity index (χ1v) is 12.0. The van der Waals surface area contributed by atoms with Gasteiger partial charge in [-0.2, -0.15) is 4.31 Å². The number of sulfonamides is 1. The standard InChI is InChI=1S/C21H25N3O3S2/c1-14-5-4-6-19(15(14)2)23-9-11-24(12-10-23)29(26,27)17-7-8-20-18(13-17)22-21(25)16(3)28-20/h4-8,13,16H,9-12H2,1-3H3,(H,22,25)/t16-/m0/s1. The van der Waals surface area contributed by atoms with Crippen molar-refractivity contribution < 1.29 is 13.2 Å². The molecule has 2 heterocycles. The predicted molar refractivity (Wildman–Crippen MR) is 117 cm³/mol. The highest BCUT2D eigenvalue weighted by Gasteiger charge is 2.31. The highest BCUT2D eigenvalue weighted by molar-refractivity contribution is 8.01. The number of fused-ring (bicyclic) bond motifs is 1. The van der Waals surface area contributed by atoms with Gasteiger partial charge in [0, 0.05) is 36.8 Å². The van der Waals surface area contributed by atoms with Crippen LogP contribution in [-0.4, -0.2) is 50.1 Å². The minimum atomic E-state index is -3.60. The third-order valence-corrected chi connectivity index (χ3v) is 8.75. The average Bonchev–Trinajstić information content (AvgIpc) is 2.70. The number of hydrogen-bond donors (Lipinski definition) is 1. The van der Waals surface area contributed by atoms with Crippen molar-refractivity contribution in [3.05, 3.63) is 47.5 Å². The smallest absolute Gasteiger partial charge is 0.243 e. The van der Waals surface area contributed by atoms with E-state index in [1.54, 1.807) is 18.2 Å². The van der Waals surface area contributed by atoms with Crippen LogP contribution in [0.15, 0.2) is 46.2 Å². The SMILES string of the molecule is Cc1cccc(N2CCN(S(=O)(=O)c3ccc4c(c3)NC(=O)[C@H](C)S4)CC2)c1C. The van der Waals surface area contributed by atoms with Gasteiger partial charge in [-0.3, -0.25) is 4.79 Å². The van der Waals surface area contributed by atoms with E-state index in [-0.39, 0.29) is 16.1 Å². The molecule has 154 valence electrons. The van der Waals surface area contributed by atoms with Crippen molar-refractivity contribution in [3.8, 4) is 0 Å². The molecule has 0 saturated carbocycles. The third-order valence-electron chi connectivity index (χ3n) is 5.68. The Hall–Kier alpha value is -2.03. The number of thioether (sulfide) groups is 1. The summed E-state index contributed by atoms with van der Waals surface area (Å²) >= 11 is 1.45. The van der Waals surface area contributed by atoms with Crippen LogP contribution in [0.1, 0.15) is 18.1 Å². The summed E-state index contributed by atoms with van der Waals surface area (Å²) in [5, 5.41) is 2.64. The molecule has 2 aliphatic rings. The van der Waals surface area contributed by atoms with Crippen molar-refractivity contribution in [2.24, 2.45) is 0 Å². The maximum Gasteiger partial charge on any atom is 0.243 e. The molecule has 1 saturated heterocycles. The molecule has 0 aromatic heterocycles. The summed E-state index contributed by atoms with van der Waals surface area (Å²) in [5.41, 5.74) is 4.22. The van der Waals surface area contributed by atoms with Crippen LogP contribution in [0.2, 0.25) is 0 Å². The molecule has 2 aromatic rings. The van der Waals surface area contributed by atoms with E-state index in [4.69, 9.17) is 0 Å². The summed E-state index contributed by atoms with van der Waals surface area (Å²) in [5.74, 6) is -0.0980. The number of carbonyl (C=O) groups is 1. The van der Waals surface area contributed by atoms with E-state index in [1.165, 1.54) is 32.9 Å². The van der Waals surface area contributed by atoms with Gasteiger partial charge >= 0.3 is 0 Å². The van der Waals surface area contributed by atoms with Gasteiger partial charge in [0.1, 0.15) is 0 Å². The largest absolute Gasteiger partial charge is 0.369 e. The number of rotatable bonds is 3. The number of piperazine rings is 1. The van der Waals surface area contributed by atoms with Crippen LogP contribution in [-0.2, 0) is 14.8 Å². The molecular formula is C21H25N3O3S2. The molecule has 0 aliphatic carbocycles. The number of anilines is 2. The van der Waals surface area contributed by atoms with E-state index in [9.17, 15) is 13.2 Å². The monoisotopic (exact) mass is 431 g/mol. The Morgan fingerprint density at radius 3 is 2.52 bits per heavy atom. The van der Waals surface area contributed by atoms with Crippen molar-refractivity contribution >= 4 is 39.1 Å². The number of benzene rings is 2. The van der Waals surface area contributed by atoms with Crippen LogP contribution in [0.25, 0.3) is 0 Å². The number of carbonyl (C=O) groups excluding carboxylic acids is 1. The summed E-state index contributed by atoms with van der Waals surface area (Å²) in [4.78, 5) is 15.3. The van der Waals surface area contributed by atoms with Crippen LogP contribution in [0.3, 0.4) is 0 Å². The van der Waals surface area contributed by atoms with Crippen molar-refractivity contribution in [2.45, 2.75) is 35.8 Å². The first-order valence-electron chi connectivity index (χ1n) is 9.70. The van der Waals surface area contributed by atoms with Crippen LogP contribution >= 0.6 is 11.8 Å². The Morgan fingerprint density at radius 1 is 1.07 bits per heavy atom. The molecule has 0 bridgehead atoms. The third kappa shape index (κ3) is 3.76. The van der Waals surface area contributed by atoms with Gasteiger partial charge in [0.15, 0.2) is 0 Å². The average molecular weight is 432 g/mol. The lowest BCUT2D eigenvalue weighted by molar-refractivity contribution is -0.115. The summed E-state index contributed by atoms with van der Waals surface area (Å²) in [6.45, 7) is 8.21. The maximum absolute atomic E-state index is 13.2. The molecule has 2 aliphatic heterocycles. The number of nitrogens with zero attached hydrogens (tertiary/aromatic N) is 2. The Labute approximate surface area is 176 Å². The number of hydrogen-bond acceptors (Lipinski definition) is 5. The molecule has 0 radical (unpaired) electrons. The van der Waals surface area contributed by atoms with Crippen molar-refractivity contribution in [2.75, 3.05) is 36.4 Å². The van der Waals surface area contributed by atoms with E-state index in [0.717, 1.165) is 4.90 Å². The minimum absolute atomic E-state index is 0.0980. The summed E-state index contributed by atoms with van der Waals surface area (Å²) in [7, 11) is -3.60. The first kappa shape index (κ1) is 20.3. The minimum Gasteiger partial charge on any atom is -0.369 e. The molecule has 4 rings (SSSR count). The van der Waals surface area contributed by atoms with Gasteiger partial charge in [0.2, 0.25) is 15.9 Å². The summed E-state index contributed by atoms with van der Waals surface area (Å²) < 4.78 is 27.9. The van der Waals surface area contributed by atoms with Crippen LogP contribution < -0.4 is 10.2 Å². The van der Waals surface area contributed by atoms with Gasteiger partial charge < -0.3 is 10.2 Å². The van der Waals surface area contributed by atoms with Crippen molar-refractivity contribution in [1.29, 1.82) is 0 Å². The van der Waals surface area contributed by atoms with Gasteiger partial charge in [-0.25, -0.2) is 8.42 Å². The second kappa shape index (κ2) is 7.66. The van der Waals surface area contributed by atoms with Gasteiger partial charge in [-0.1, -0.05) is 12.1 Å². The van der Waals surface area contributed by atoms with E-state index in [2.05, 4.69) is 36.2 Å². The Bertz CT molecular complexity index is 1060. The Morgan fingerprint density at radius 2 is 1.79 bits per heavy atom. The van der Waals surface area contributed by atoms with Gasteiger partial charge in [0.05, 0.1) is 15.8 Å². The van der Waals surface area contributed by atoms with E-state index in [1.807, 2.05) is 13.0 Å². The Kier molecular flexibility index (Phi) is 5.35. The topological polar surface area (TPSA) is 69.7 Å². The van der Waals surface area contributed by atoms with Crippen molar-refractivity contribution in [3.63, 3.8) is 0 Å². The normalized spacial score (nSPS) is 20.3. The molecule has 2 aromatic carbocycles. The molecule has 1 N–H and O–H groups in total. The molecule has 6 nitrogen and oxygen atoms in total. The fourth-order valence-electron chi connectivity index (χ4n) is 3.74. The number of amides is 1. The van der Waals surface area contributed by atoms with Gasteiger partial charge in [-0.15, -0.1) is 11.8 Å². The molecule has 1 fully saturated rings. The second-order valence-corrected chi connectivity index (χ2v) is 10.8. The Balaban J connectivity index is 1.52. The zero-order valence-electron chi connectivity index (χ0n) is 16.8. The number of nitrogens with one attached hydrogen (secondary N) is 1. The lowest BCUT2D eigenvalue weighted by Gasteiger charge is -2.36. The fraction of sp³-hybridized carbons (Fsp3) is 0.381. The number of aryl methyl sites for hydroxylation is 1. The summed E-state index contributed by atoms with van der Waals surface area (Å²) in [6, 6.07) is 11.2. The molecular weight excluding hydrogens is 406 g/mol. The quantitative estimate of drug-likeness (QED) is 0.808. The van der Waals surface area contributed by atoms with Crippen LogP contribution in [0.5, 0.6) is 0 Å². The molecule has 0 unspecified atom stereocenters. The van der Waals surface area contributed by atoms with Gasteiger partial charge in [-0.05, 0) is 56.2 Å². The molecule has 1 amide bonds. The second-order valence-electron chi connectivity index (χ2n) is 7.52. The predicted octanol–water partition coefficient (Wildman–Crippen LogP) is 3.25. The fourth-order valence-corrected chi connectivity index (χ4v) is 6.12. The maximum atomic E-state index is 13.2. The highest BCUT2D eigenvalue weighted by atomic mass is 32.2. The van der Waals surface area contributed by atoms with E-state index in [0.29, 0.717) is 31.9 Å². The van der Waals surface area contributed by atoms with Gasteiger partial charge in [0.25, 0.3) is 0 Å². The molecule has 0 spiro atoms. The van der Waals surface area contributed by atoms with E-state index < -0.39 is 10.0 Å². The highest BCUT2D eigenvalue weighted by Crippen LogP contribution is 2.37. The molecule has 8 heteroatoms. The zero-order chi connectivity index (χ0) is 20.8. The first-order chi connectivity index (χ1) is 13.8. The van der Waals surface area contributed by atoms with Crippen molar-refractivity contribution in [1.82, 2.24) is 4.31 Å². The lowest BCUT2D eigenvalue weighted by atomic mass is 10.1. The molecule has 29 heavy (non-hydrogen) atoms. The van der Waals surface area contributed by atoms with Crippen LogP contribution in [0.4, 0.5) is 11.4 Å². The van der Waals surface area contributed by atoms with E-state index >= 15 is 0 Å². The van der Waals surface area contributed by atoms with Crippen LogP contribution in [0, 0.1) is 13.8 Å². The lowest BCUT2D eigenvalue weighted by Crippen LogP contribution is -2.48.